The van der Waals surface area contributed by atoms with Crippen molar-refractivity contribution < 1.29 is 5.11 Å². The molecule has 0 spiro atoms. The molecule has 21 heavy (non-hydrogen) atoms. The minimum atomic E-state index is -0.0557. The van der Waals surface area contributed by atoms with Crippen LogP contribution < -0.4 is 10.9 Å². The number of halogens is 1. The third kappa shape index (κ3) is 3.16. The maximum absolute atomic E-state index is 12.6. The highest BCUT2D eigenvalue weighted by Gasteiger charge is 2.28. The van der Waals surface area contributed by atoms with Gasteiger partial charge in [-0.1, -0.05) is 12.8 Å². The maximum Gasteiger partial charge on any atom is 0.291 e. The van der Waals surface area contributed by atoms with Gasteiger partial charge in [0.25, 0.3) is 5.56 Å². The third-order valence-corrected chi connectivity index (χ3v) is 5.48. The van der Waals surface area contributed by atoms with E-state index in [4.69, 9.17) is 0 Å². The molecular formula is C15H22BrN3O2. The largest absolute Gasteiger partial charge is 0.396 e. The van der Waals surface area contributed by atoms with Crippen molar-refractivity contribution in [3.8, 4) is 0 Å². The van der Waals surface area contributed by atoms with Crippen LogP contribution in [0.1, 0.15) is 38.5 Å². The topological polar surface area (TPSA) is 67.2 Å². The Balaban J connectivity index is 1.79. The molecule has 0 aromatic carbocycles. The highest BCUT2D eigenvalue weighted by molar-refractivity contribution is 9.10. The number of aromatic nitrogens is 2. The summed E-state index contributed by atoms with van der Waals surface area (Å²) in [5.74, 6) is 0.838. The summed E-state index contributed by atoms with van der Waals surface area (Å²) in [4.78, 5) is 12.6. The van der Waals surface area contributed by atoms with Crippen LogP contribution in [-0.2, 0) is 6.54 Å². The van der Waals surface area contributed by atoms with Crippen LogP contribution >= 0.6 is 15.9 Å². The summed E-state index contributed by atoms with van der Waals surface area (Å²) in [6, 6.07) is 0.179. The molecular weight excluding hydrogens is 334 g/mol. The van der Waals surface area contributed by atoms with E-state index in [-0.39, 0.29) is 24.1 Å². The first-order valence-corrected chi connectivity index (χ1v) is 8.61. The van der Waals surface area contributed by atoms with Crippen LogP contribution in [0.15, 0.2) is 15.5 Å². The Kier molecular flexibility index (Phi) is 4.64. The number of rotatable bonds is 5. The van der Waals surface area contributed by atoms with Crippen LogP contribution in [0, 0.1) is 11.8 Å². The second-order valence-electron chi connectivity index (χ2n) is 6.28. The Labute approximate surface area is 132 Å². The lowest BCUT2D eigenvalue weighted by molar-refractivity contribution is 0.222. The van der Waals surface area contributed by atoms with E-state index < -0.39 is 0 Å². The SMILES string of the molecule is O=c1c(NC2CCCC2CO)c(Br)cnn1CC1CCC1. The van der Waals surface area contributed by atoms with E-state index in [0.717, 1.165) is 25.8 Å². The Morgan fingerprint density at radius 1 is 1.33 bits per heavy atom. The molecule has 1 aromatic heterocycles. The quantitative estimate of drug-likeness (QED) is 0.850. The summed E-state index contributed by atoms with van der Waals surface area (Å²) in [6.45, 7) is 0.894. The number of anilines is 1. The van der Waals surface area contributed by atoms with Crippen LogP contribution in [0.3, 0.4) is 0 Å². The average Bonchev–Trinajstić information content (AvgIpc) is 2.88. The molecule has 2 atom stereocenters. The summed E-state index contributed by atoms with van der Waals surface area (Å²) < 4.78 is 2.29. The number of aliphatic hydroxyl groups is 1. The zero-order valence-corrected chi connectivity index (χ0v) is 13.7. The smallest absolute Gasteiger partial charge is 0.291 e. The Morgan fingerprint density at radius 2 is 2.10 bits per heavy atom. The van der Waals surface area contributed by atoms with Crippen LogP contribution in [0.5, 0.6) is 0 Å². The molecule has 3 rings (SSSR count). The molecule has 1 heterocycles. The average molecular weight is 356 g/mol. The summed E-state index contributed by atoms with van der Waals surface area (Å²) >= 11 is 3.43. The summed E-state index contributed by atoms with van der Waals surface area (Å²) in [7, 11) is 0. The fraction of sp³-hybridized carbons (Fsp3) is 0.733. The van der Waals surface area contributed by atoms with Crippen molar-refractivity contribution in [1.29, 1.82) is 0 Å². The lowest BCUT2D eigenvalue weighted by atomic mass is 9.85. The molecule has 0 bridgehead atoms. The maximum atomic E-state index is 12.6. The molecule has 2 N–H and O–H groups in total. The van der Waals surface area contributed by atoms with Gasteiger partial charge in [0.2, 0.25) is 0 Å². The highest BCUT2D eigenvalue weighted by atomic mass is 79.9. The molecule has 2 aliphatic carbocycles. The fourth-order valence-electron chi connectivity index (χ4n) is 3.28. The monoisotopic (exact) mass is 355 g/mol. The lowest BCUT2D eigenvalue weighted by Crippen LogP contribution is -2.34. The Bertz CT molecular complexity index is 556. The second-order valence-corrected chi connectivity index (χ2v) is 7.13. The van der Waals surface area contributed by atoms with Crippen LogP contribution in [0.4, 0.5) is 5.69 Å². The molecule has 1 aromatic rings. The molecule has 0 amide bonds. The van der Waals surface area contributed by atoms with Crippen LogP contribution in [0.25, 0.3) is 0 Å². The van der Waals surface area contributed by atoms with Gasteiger partial charge in [0.05, 0.1) is 10.7 Å². The number of aliphatic hydroxyl groups excluding tert-OH is 1. The van der Waals surface area contributed by atoms with Gasteiger partial charge in [0.1, 0.15) is 5.69 Å². The number of nitrogens with zero attached hydrogens (tertiary/aromatic N) is 2. The molecule has 0 radical (unpaired) electrons. The minimum Gasteiger partial charge on any atom is -0.396 e. The first-order chi connectivity index (χ1) is 10.2. The van der Waals surface area contributed by atoms with E-state index in [1.807, 2.05) is 0 Å². The van der Waals surface area contributed by atoms with E-state index in [1.165, 1.54) is 19.3 Å². The lowest BCUT2D eigenvalue weighted by Gasteiger charge is -2.26. The van der Waals surface area contributed by atoms with Crippen molar-refractivity contribution in [1.82, 2.24) is 9.78 Å². The molecule has 0 saturated heterocycles. The number of hydrogen-bond donors (Lipinski definition) is 2. The van der Waals surface area contributed by atoms with Gasteiger partial charge < -0.3 is 10.4 Å². The second kappa shape index (κ2) is 6.48. The predicted octanol–water partition coefficient (Wildman–Crippen LogP) is 2.38. The van der Waals surface area contributed by atoms with Gasteiger partial charge in [-0.2, -0.15) is 5.10 Å². The molecule has 2 aliphatic rings. The predicted molar refractivity (Wildman–Crippen MR) is 85.4 cm³/mol. The van der Waals surface area contributed by atoms with Crippen molar-refractivity contribution in [2.45, 2.75) is 51.1 Å². The highest BCUT2D eigenvalue weighted by Crippen LogP contribution is 2.30. The molecule has 116 valence electrons. The Hall–Kier alpha value is -0.880. The molecule has 2 fully saturated rings. The van der Waals surface area contributed by atoms with Crippen molar-refractivity contribution in [3.63, 3.8) is 0 Å². The van der Waals surface area contributed by atoms with E-state index in [9.17, 15) is 9.90 Å². The fourth-order valence-corrected chi connectivity index (χ4v) is 3.66. The molecule has 2 unspecified atom stereocenters. The molecule has 5 nitrogen and oxygen atoms in total. The van der Waals surface area contributed by atoms with Gasteiger partial charge in [-0.05, 0) is 47.5 Å². The normalized spacial score (nSPS) is 25.8. The molecule has 0 aliphatic heterocycles. The van der Waals surface area contributed by atoms with Crippen molar-refractivity contribution in [3.05, 3.63) is 21.0 Å². The molecule has 2 saturated carbocycles. The van der Waals surface area contributed by atoms with Crippen LogP contribution in [0.2, 0.25) is 0 Å². The van der Waals surface area contributed by atoms with Gasteiger partial charge in [-0.25, -0.2) is 4.68 Å². The van der Waals surface area contributed by atoms with Gasteiger partial charge in [-0.3, -0.25) is 4.79 Å². The van der Waals surface area contributed by atoms with Crippen molar-refractivity contribution in [2.24, 2.45) is 11.8 Å². The molecule has 6 heteroatoms. The standard InChI is InChI=1S/C15H22BrN3O2/c16-12-7-17-19(8-10-3-1-4-10)15(21)14(12)18-13-6-2-5-11(13)9-20/h7,10-11,13,18,20H,1-6,8-9H2. The van der Waals surface area contributed by atoms with E-state index in [0.29, 0.717) is 16.1 Å². The van der Waals surface area contributed by atoms with E-state index in [1.54, 1.807) is 10.9 Å². The first kappa shape index (κ1) is 15.0. The number of hydrogen-bond acceptors (Lipinski definition) is 4. The summed E-state index contributed by atoms with van der Waals surface area (Å²) in [6.07, 6.45) is 8.48. The summed E-state index contributed by atoms with van der Waals surface area (Å²) in [5.41, 5.74) is 0.537. The van der Waals surface area contributed by atoms with Gasteiger partial charge >= 0.3 is 0 Å². The van der Waals surface area contributed by atoms with Crippen molar-refractivity contribution in [2.75, 3.05) is 11.9 Å². The zero-order chi connectivity index (χ0) is 14.8. The minimum absolute atomic E-state index is 0.0557. The zero-order valence-electron chi connectivity index (χ0n) is 12.1. The van der Waals surface area contributed by atoms with Gasteiger partial charge in [-0.15, -0.1) is 0 Å². The van der Waals surface area contributed by atoms with E-state index in [2.05, 4.69) is 26.3 Å². The third-order valence-electron chi connectivity index (χ3n) is 4.88. The van der Waals surface area contributed by atoms with Crippen LogP contribution in [-0.4, -0.2) is 27.5 Å². The van der Waals surface area contributed by atoms with Gasteiger partial charge in [0.15, 0.2) is 0 Å². The van der Waals surface area contributed by atoms with Gasteiger partial charge in [0, 0.05) is 25.1 Å². The van der Waals surface area contributed by atoms with Crippen molar-refractivity contribution >= 4 is 21.6 Å². The van der Waals surface area contributed by atoms with E-state index >= 15 is 0 Å². The number of nitrogens with one attached hydrogen (secondary N) is 1. The summed E-state index contributed by atoms with van der Waals surface area (Å²) in [5, 5.41) is 17.0. The Morgan fingerprint density at radius 3 is 2.76 bits per heavy atom. The first-order valence-electron chi connectivity index (χ1n) is 7.82.